The normalized spacial score (nSPS) is 10.5. The van der Waals surface area contributed by atoms with Gasteiger partial charge in [-0.1, -0.05) is 27.3 Å². The number of benzene rings is 1. The maximum absolute atomic E-state index is 11.8. The maximum atomic E-state index is 11.8. The summed E-state index contributed by atoms with van der Waals surface area (Å²) in [5.74, 6) is -0.927. The summed E-state index contributed by atoms with van der Waals surface area (Å²) in [6, 6.07) is 5.40. The standard InChI is InChI=1S/C16H17BrN2O4S/c1-10-7-12(3-4-13(10)17)18-14(20)8-23-15(21)5-6-19-11(2)9-24-16(19)22/h3-4,7,9H,5-6,8H2,1-2H3,(H,18,20). The first-order valence-electron chi connectivity index (χ1n) is 7.23. The van der Waals surface area contributed by atoms with E-state index in [-0.39, 0.29) is 24.4 Å². The van der Waals surface area contributed by atoms with Gasteiger partial charge < -0.3 is 14.6 Å². The smallest absolute Gasteiger partial charge is 0.308 e. The topological polar surface area (TPSA) is 77.4 Å². The van der Waals surface area contributed by atoms with Gasteiger partial charge in [0.25, 0.3) is 5.91 Å². The predicted octanol–water partition coefficient (Wildman–Crippen LogP) is 2.86. The van der Waals surface area contributed by atoms with Crippen molar-refractivity contribution in [2.75, 3.05) is 11.9 Å². The van der Waals surface area contributed by atoms with E-state index in [1.807, 2.05) is 19.1 Å². The van der Waals surface area contributed by atoms with Gasteiger partial charge in [-0.2, -0.15) is 0 Å². The SMILES string of the molecule is Cc1cc(NC(=O)COC(=O)CCn2c(C)csc2=O)ccc1Br. The molecule has 1 aromatic heterocycles. The number of carbonyl (C=O) groups is 2. The van der Waals surface area contributed by atoms with E-state index in [1.54, 1.807) is 18.4 Å². The Morgan fingerprint density at radius 1 is 1.33 bits per heavy atom. The molecule has 0 unspecified atom stereocenters. The molecule has 128 valence electrons. The van der Waals surface area contributed by atoms with Crippen LogP contribution in [0.5, 0.6) is 0 Å². The minimum atomic E-state index is -0.519. The Balaban J connectivity index is 1.77. The molecule has 0 radical (unpaired) electrons. The molecule has 8 heteroatoms. The van der Waals surface area contributed by atoms with Crippen LogP contribution >= 0.6 is 27.3 Å². The van der Waals surface area contributed by atoms with Crippen LogP contribution in [0.2, 0.25) is 0 Å². The number of hydrogen-bond donors (Lipinski definition) is 1. The quantitative estimate of drug-likeness (QED) is 0.739. The molecule has 0 aliphatic carbocycles. The van der Waals surface area contributed by atoms with E-state index in [2.05, 4.69) is 21.2 Å². The first-order valence-corrected chi connectivity index (χ1v) is 8.90. The van der Waals surface area contributed by atoms with Gasteiger partial charge in [0.1, 0.15) is 0 Å². The fraction of sp³-hybridized carbons (Fsp3) is 0.312. The van der Waals surface area contributed by atoms with Gasteiger partial charge in [0.05, 0.1) is 6.42 Å². The number of aryl methyl sites for hydroxylation is 2. The van der Waals surface area contributed by atoms with Crippen LogP contribution in [-0.2, 0) is 20.9 Å². The molecular weight excluding hydrogens is 396 g/mol. The summed E-state index contributed by atoms with van der Waals surface area (Å²) in [4.78, 5) is 34.9. The molecule has 0 saturated heterocycles. The zero-order chi connectivity index (χ0) is 17.7. The number of esters is 1. The van der Waals surface area contributed by atoms with Crippen LogP contribution in [0.4, 0.5) is 5.69 Å². The number of ether oxygens (including phenoxy) is 1. The zero-order valence-corrected chi connectivity index (χ0v) is 15.7. The first-order chi connectivity index (χ1) is 11.4. The van der Waals surface area contributed by atoms with Crippen LogP contribution in [0.15, 0.2) is 32.8 Å². The molecule has 1 aromatic carbocycles. The number of hydrogen-bond acceptors (Lipinski definition) is 5. The summed E-state index contributed by atoms with van der Waals surface area (Å²) < 4.78 is 7.40. The molecule has 1 N–H and O–H groups in total. The summed E-state index contributed by atoms with van der Waals surface area (Å²) in [6.07, 6.45) is 0.0438. The molecule has 24 heavy (non-hydrogen) atoms. The van der Waals surface area contributed by atoms with E-state index in [0.29, 0.717) is 5.69 Å². The fourth-order valence-electron chi connectivity index (χ4n) is 2.02. The Morgan fingerprint density at radius 2 is 2.08 bits per heavy atom. The van der Waals surface area contributed by atoms with Gasteiger partial charge in [-0.05, 0) is 37.6 Å². The van der Waals surface area contributed by atoms with Crippen molar-refractivity contribution in [3.05, 3.63) is 49.0 Å². The van der Waals surface area contributed by atoms with Crippen molar-refractivity contribution in [3.63, 3.8) is 0 Å². The number of nitrogens with zero attached hydrogens (tertiary/aromatic N) is 1. The molecule has 0 fully saturated rings. The predicted molar refractivity (Wildman–Crippen MR) is 96.4 cm³/mol. The van der Waals surface area contributed by atoms with Gasteiger partial charge in [0.2, 0.25) is 0 Å². The molecule has 6 nitrogen and oxygen atoms in total. The third-order valence-corrected chi connectivity index (χ3v) is 5.09. The van der Waals surface area contributed by atoms with Crippen molar-refractivity contribution in [2.24, 2.45) is 0 Å². The van der Waals surface area contributed by atoms with Gasteiger partial charge in [-0.25, -0.2) is 0 Å². The van der Waals surface area contributed by atoms with E-state index in [1.165, 1.54) is 4.57 Å². The Kier molecular flexibility index (Phi) is 6.33. The highest BCUT2D eigenvalue weighted by Gasteiger charge is 2.10. The second-order valence-electron chi connectivity index (χ2n) is 5.22. The van der Waals surface area contributed by atoms with Gasteiger partial charge in [-0.15, -0.1) is 0 Å². The number of thiazole rings is 1. The van der Waals surface area contributed by atoms with E-state index in [0.717, 1.165) is 27.1 Å². The minimum absolute atomic E-state index is 0.0438. The first kappa shape index (κ1) is 18.4. The molecule has 0 spiro atoms. The largest absolute Gasteiger partial charge is 0.456 e. The third kappa shape index (κ3) is 5.04. The molecular formula is C16H17BrN2O4S. The number of aromatic nitrogens is 1. The van der Waals surface area contributed by atoms with Gasteiger partial charge in [0, 0.05) is 27.8 Å². The second kappa shape index (κ2) is 8.25. The lowest BCUT2D eigenvalue weighted by molar-refractivity contribution is -0.147. The van der Waals surface area contributed by atoms with Gasteiger partial charge in [-0.3, -0.25) is 14.4 Å². The van der Waals surface area contributed by atoms with E-state index >= 15 is 0 Å². The van der Waals surface area contributed by atoms with Crippen LogP contribution in [0.3, 0.4) is 0 Å². The van der Waals surface area contributed by atoms with Crippen molar-refractivity contribution < 1.29 is 14.3 Å². The number of halogens is 1. The molecule has 0 aliphatic heterocycles. The maximum Gasteiger partial charge on any atom is 0.308 e. The van der Waals surface area contributed by atoms with Gasteiger partial charge >= 0.3 is 10.8 Å². The Labute approximate surface area is 151 Å². The number of anilines is 1. The summed E-state index contributed by atoms with van der Waals surface area (Å²) in [6.45, 7) is 3.61. The lowest BCUT2D eigenvalue weighted by Gasteiger charge is -2.08. The van der Waals surface area contributed by atoms with E-state index < -0.39 is 11.9 Å². The lowest BCUT2D eigenvalue weighted by atomic mass is 10.2. The van der Waals surface area contributed by atoms with Crippen LogP contribution in [0, 0.1) is 13.8 Å². The van der Waals surface area contributed by atoms with Crippen molar-refractivity contribution in [3.8, 4) is 0 Å². The van der Waals surface area contributed by atoms with Crippen LogP contribution in [-0.4, -0.2) is 23.1 Å². The number of carbonyl (C=O) groups excluding carboxylic acids is 2. The summed E-state index contributed by atoms with van der Waals surface area (Å²) >= 11 is 4.48. The Bertz CT molecular complexity index is 813. The third-order valence-electron chi connectivity index (χ3n) is 3.32. The average Bonchev–Trinajstić information content (AvgIpc) is 2.85. The van der Waals surface area contributed by atoms with Crippen molar-refractivity contribution in [2.45, 2.75) is 26.8 Å². The summed E-state index contributed by atoms with van der Waals surface area (Å²) in [5, 5.41) is 4.40. The van der Waals surface area contributed by atoms with Crippen LogP contribution in [0.25, 0.3) is 0 Å². The van der Waals surface area contributed by atoms with Crippen LogP contribution in [0.1, 0.15) is 17.7 Å². The highest BCUT2D eigenvalue weighted by molar-refractivity contribution is 9.10. The number of rotatable bonds is 6. The molecule has 1 heterocycles. The van der Waals surface area contributed by atoms with Gasteiger partial charge in [0.15, 0.2) is 6.61 Å². The van der Waals surface area contributed by atoms with E-state index in [4.69, 9.17) is 4.74 Å². The van der Waals surface area contributed by atoms with E-state index in [9.17, 15) is 14.4 Å². The second-order valence-corrected chi connectivity index (χ2v) is 6.89. The van der Waals surface area contributed by atoms with Crippen molar-refractivity contribution >= 4 is 44.8 Å². The molecule has 0 saturated carbocycles. The van der Waals surface area contributed by atoms with Crippen molar-refractivity contribution in [1.29, 1.82) is 0 Å². The molecule has 1 amide bonds. The number of amides is 1. The molecule has 0 atom stereocenters. The lowest BCUT2D eigenvalue weighted by Crippen LogP contribution is -2.22. The number of nitrogens with one attached hydrogen (secondary N) is 1. The molecule has 0 bridgehead atoms. The monoisotopic (exact) mass is 412 g/mol. The summed E-state index contributed by atoms with van der Waals surface area (Å²) in [7, 11) is 0. The molecule has 2 aromatic rings. The molecule has 0 aliphatic rings. The molecule has 2 rings (SSSR count). The highest BCUT2D eigenvalue weighted by atomic mass is 79.9. The fourth-order valence-corrected chi connectivity index (χ4v) is 3.02. The Hall–Kier alpha value is -1.93. The zero-order valence-electron chi connectivity index (χ0n) is 13.3. The highest BCUT2D eigenvalue weighted by Crippen LogP contribution is 2.19. The average molecular weight is 413 g/mol. The summed E-state index contributed by atoms with van der Waals surface area (Å²) in [5.41, 5.74) is 2.43. The van der Waals surface area contributed by atoms with Crippen LogP contribution < -0.4 is 10.2 Å². The minimum Gasteiger partial charge on any atom is -0.456 e. The van der Waals surface area contributed by atoms with Crippen molar-refractivity contribution in [1.82, 2.24) is 4.57 Å². The Morgan fingerprint density at radius 3 is 2.71 bits per heavy atom.